The fraction of sp³-hybridized carbons (Fsp3) is 0.429. The lowest BCUT2D eigenvalue weighted by atomic mass is 9.94. The van der Waals surface area contributed by atoms with Crippen molar-refractivity contribution in [2.45, 2.75) is 32.9 Å². The number of methoxy groups -OCH3 is 1. The van der Waals surface area contributed by atoms with Crippen LogP contribution in [0.1, 0.15) is 29.3 Å². The normalized spacial score (nSPS) is 19.6. The number of ether oxygens (including phenoxy) is 2. The van der Waals surface area contributed by atoms with Gasteiger partial charge in [-0.15, -0.1) is 0 Å². The molecule has 2 heterocycles. The minimum Gasteiger partial charge on any atom is -0.496 e. The summed E-state index contributed by atoms with van der Waals surface area (Å²) in [4.78, 5) is 19.0. The first-order valence-electron chi connectivity index (χ1n) is 9.16. The third kappa shape index (κ3) is 4.06. The Bertz CT molecular complexity index is 810. The Morgan fingerprint density at radius 1 is 1.33 bits per heavy atom. The average molecular weight is 369 g/mol. The molecule has 1 atom stereocenters. The summed E-state index contributed by atoms with van der Waals surface area (Å²) in [5.41, 5.74) is 3.32. The molecule has 6 heteroatoms. The van der Waals surface area contributed by atoms with Crippen LogP contribution < -0.4 is 10.1 Å². The molecule has 1 aliphatic rings. The van der Waals surface area contributed by atoms with Crippen molar-refractivity contribution in [2.24, 2.45) is 0 Å². The summed E-state index contributed by atoms with van der Waals surface area (Å²) in [7, 11) is 1.65. The molecule has 1 saturated heterocycles. The molecule has 2 amide bonds. The van der Waals surface area contributed by atoms with Crippen LogP contribution in [0.3, 0.4) is 0 Å². The number of aromatic nitrogens is 1. The molecule has 1 fully saturated rings. The number of hydrogen-bond acceptors (Lipinski definition) is 4. The first-order valence-corrected chi connectivity index (χ1v) is 9.16. The minimum atomic E-state index is -0.502. The number of rotatable bonds is 4. The lowest BCUT2D eigenvalue weighted by molar-refractivity contribution is -0.0906. The topological polar surface area (TPSA) is 63.7 Å². The van der Waals surface area contributed by atoms with Gasteiger partial charge in [-0.1, -0.05) is 30.3 Å². The summed E-state index contributed by atoms with van der Waals surface area (Å²) in [6.45, 7) is 7.89. The van der Waals surface area contributed by atoms with Crippen molar-refractivity contribution < 1.29 is 14.3 Å². The summed E-state index contributed by atoms with van der Waals surface area (Å²) >= 11 is 0. The van der Waals surface area contributed by atoms with Crippen molar-refractivity contribution in [3.63, 3.8) is 0 Å². The predicted molar refractivity (Wildman–Crippen MR) is 104 cm³/mol. The van der Waals surface area contributed by atoms with Crippen molar-refractivity contribution in [2.75, 3.05) is 26.8 Å². The van der Waals surface area contributed by atoms with E-state index in [0.29, 0.717) is 26.2 Å². The SMILES string of the molecule is COc1c(C)cnc(CNC(=O)N2CCOC(C)(c3ccccc3)C2)c1C. The number of carbonyl (C=O) groups is 1. The maximum absolute atomic E-state index is 12.7. The van der Waals surface area contributed by atoms with Gasteiger partial charge in [-0.05, 0) is 26.3 Å². The van der Waals surface area contributed by atoms with Gasteiger partial charge in [0.05, 0.1) is 32.5 Å². The third-order valence-electron chi connectivity index (χ3n) is 5.10. The zero-order valence-electron chi connectivity index (χ0n) is 16.4. The second-order valence-electron chi connectivity index (χ2n) is 7.07. The lowest BCUT2D eigenvalue weighted by Gasteiger charge is -2.40. The molecule has 1 N–H and O–H groups in total. The van der Waals surface area contributed by atoms with Crippen LogP contribution >= 0.6 is 0 Å². The maximum Gasteiger partial charge on any atom is 0.317 e. The highest BCUT2D eigenvalue weighted by atomic mass is 16.5. The van der Waals surface area contributed by atoms with Gasteiger partial charge in [0.1, 0.15) is 11.4 Å². The highest BCUT2D eigenvalue weighted by Crippen LogP contribution is 2.29. The van der Waals surface area contributed by atoms with E-state index in [2.05, 4.69) is 10.3 Å². The lowest BCUT2D eigenvalue weighted by Crippen LogP contribution is -2.53. The Morgan fingerprint density at radius 3 is 2.78 bits per heavy atom. The van der Waals surface area contributed by atoms with E-state index in [1.807, 2.05) is 51.1 Å². The summed E-state index contributed by atoms with van der Waals surface area (Å²) in [6, 6.07) is 9.91. The quantitative estimate of drug-likeness (QED) is 0.899. The Kier molecular flexibility index (Phi) is 5.65. The Hall–Kier alpha value is -2.60. The Morgan fingerprint density at radius 2 is 2.07 bits per heavy atom. The predicted octanol–water partition coefficient (Wildman–Crippen LogP) is 3.16. The Labute approximate surface area is 160 Å². The zero-order valence-corrected chi connectivity index (χ0v) is 16.4. The van der Waals surface area contributed by atoms with Gasteiger partial charge in [0.15, 0.2) is 0 Å². The van der Waals surface area contributed by atoms with Crippen molar-refractivity contribution in [1.29, 1.82) is 0 Å². The number of pyridine rings is 1. The van der Waals surface area contributed by atoms with Crippen LogP contribution in [0.4, 0.5) is 4.79 Å². The molecule has 1 aromatic heterocycles. The fourth-order valence-corrected chi connectivity index (χ4v) is 3.53. The van der Waals surface area contributed by atoms with Crippen LogP contribution in [-0.2, 0) is 16.9 Å². The van der Waals surface area contributed by atoms with E-state index in [4.69, 9.17) is 9.47 Å². The number of amides is 2. The van der Waals surface area contributed by atoms with Crippen LogP contribution in [0.2, 0.25) is 0 Å². The molecular weight excluding hydrogens is 342 g/mol. The molecule has 1 unspecified atom stereocenters. The maximum atomic E-state index is 12.7. The highest BCUT2D eigenvalue weighted by molar-refractivity contribution is 5.74. The van der Waals surface area contributed by atoms with Gasteiger partial charge >= 0.3 is 6.03 Å². The molecule has 0 spiro atoms. The van der Waals surface area contributed by atoms with E-state index in [-0.39, 0.29) is 6.03 Å². The van der Waals surface area contributed by atoms with Crippen LogP contribution in [0.15, 0.2) is 36.5 Å². The number of benzene rings is 1. The van der Waals surface area contributed by atoms with Gasteiger partial charge in [0.25, 0.3) is 0 Å². The largest absolute Gasteiger partial charge is 0.496 e. The molecule has 0 saturated carbocycles. The highest BCUT2D eigenvalue weighted by Gasteiger charge is 2.35. The third-order valence-corrected chi connectivity index (χ3v) is 5.10. The zero-order chi connectivity index (χ0) is 19.4. The van der Waals surface area contributed by atoms with Crippen LogP contribution in [0, 0.1) is 13.8 Å². The smallest absolute Gasteiger partial charge is 0.317 e. The molecule has 144 valence electrons. The first-order chi connectivity index (χ1) is 12.9. The van der Waals surface area contributed by atoms with E-state index in [9.17, 15) is 4.79 Å². The number of hydrogen-bond donors (Lipinski definition) is 1. The van der Waals surface area contributed by atoms with E-state index in [0.717, 1.165) is 28.1 Å². The van der Waals surface area contributed by atoms with Gasteiger partial charge in [0.2, 0.25) is 0 Å². The monoisotopic (exact) mass is 369 g/mol. The first kappa shape index (κ1) is 19.2. The molecule has 3 rings (SSSR count). The van der Waals surface area contributed by atoms with E-state index in [1.165, 1.54) is 0 Å². The van der Waals surface area contributed by atoms with E-state index in [1.54, 1.807) is 18.2 Å². The van der Waals surface area contributed by atoms with Gasteiger partial charge in [-0.2, -0.15) is 0 Å². The van der Waals surface area contributed by atoms with Gasteiger partial charge in [-0.25, -0.2) is 4.79 Å². The summed E-state index contributed by atoms with van der Waals surface area (Å²) in [6.07, 6.45) is 1.77. The van der Waals surface area contributed by atoms with Crippen molar-refractivity contribution >= 4 is 6.03 Å². The fourth-order valence-electron chi connectivity index (χ4n) is 3.53. The van der Waals surface area contributed by atoms with Crippen molar-refractivity contribution in [3.05, 3.63) is 58.9 Å². The molecule has 1 aliphatic heterocycles. The molecular formula is C21H27N3O3. The molecule has 6 nitrogen and oxygen atoms in total. The number of carbonyl (C=O) groups excluding carboxylic acids is 1. The number of nitrogens with zero attached hydrogens (tertiary/aromatic N) is 2. The van der Waals surface area contributed by atoms with E-state index >= 15 is 0 Å². The summed E-state index contributed by atoms with van der Waals surface area (Å²) < 4.78 is 11.4. The molecule has 0 radical (unpaired) electrons. The number of aryl methyl sites for hydroxylation is 1. The standard InChI is InChI=1S/C21H27N3O3/c1-15-12-22-18(16(2)19(15)26-4)13-23-20(25)24-10-11-27-21(3,14-24)17-8-6-5-7-9-17/h5-9,12H,10-11,13-14H2,1-4H3,(H,23,25). The molecule has 0 aliphatic carbocycles. The number of urea groups is 1. The van der Waals surface area contributed by atoms with Crippen LogP contribution in [0.25, 0.3) is 0 Å². The van der Waals surface area contributed by atoms with E-state index < -0.39 is 5.60 Å². The number of nitrogens with one attached hydrogen (secondary N) is 1. The van der Waals surface area contributed by atoms with Gasteiger partial charge in [0, 0.05) is 23.9 Å². The molecule has 1 aromatic carbocycles. The minimum absolute atomic E-state index is 0.110. The average Bonchev–Trinajstić information content (AvgIpc) is 2.68. The van der Waals surface area contributed by atoms with Crippen LogP contribution in [0.5, 0.6) is 5.75 Å². The summed E-state index contributed by atoms with van der Waals surface area (Å²) in [5, 5.41) is 2.98. The Balaban J connectivity index is 1.67. The van der Waals surface area contributed by atoms with Crippen molar-refractivity contribution in [3.8, 4) is 5.75 Å². The van der Waals surface area contributed by atoms with Gasteiger partial charge in [-0.3, -0.25) is 4.98 Å². The van der Waals surface area contributed by atoms with Crippen molar-refractivity contribution in [1.82, 2.24) is 15.2 Å². The van der Waals surface area contributed by atoms with Gasteiger partial charge < -0.3 is 19.7 Å². The second-order valence-corrected chi connectivity index (χ2v) is 7.07. The number of morpholine rings is 1. The molecule has 0 bridgehead atoms. The molecule has 27 heavy (non-hydrogen) atoms. The second kappa shape index (κ2) is 7.96. The van der Waals surface area contributed by atoms with Crippen LogP contribution in [-0.4, -0.2) is 42.7 Å². The summed E-state index contributed by atoms with van der Waals surface area (Å²) in [5.74, 6) is 0.817. The molecule has 2 aromatic rings.